The highest BCUT2D eigenvalue weighted by Gasteiger charge is 2.15. The molecule has 2 aromatic rings. The number of pyridine rings is 1. The summed E-state index contributed by atoms with van der Waals surface area (Å²) in [6, 6.07) is 7.36. The van der Waals surface area contributed by atoms with Crippen molar-refractivity contribution in [3.8, 4) is 0 Å². The lowest BCUT2D eigenvalue weighted by Gasteiger charge is -2.08. The van der Waals surface area contributed by atoms with Crippen LogP contribution in [0.2, 0.25) is 10.2 Å². The first-order chi connectivity index (χ1) is 8.88. The van der Waals surface area contributed by atoms with Gasteiger partial charge >= 0.3 is 0 Å². The van der Waals surface area contributed by atoms with Gasteiger partial charge in [-0.2, -0.15) is 0 Å². The minimum atomic E-state index is -3.69. The molecule has 0 amide bonds. The Kier molecular flexibility index (Phi) is 4.35. The first-order valence-electron chi connectivity index (χ1n) is 4.98. The Morgan fingerprint density at radius 3 is 2.47 bits per heavy atom. The van der Waals surface area contributed by atoms with Crippen LogP contribution < -0.4 is 4.72 Å². The summed E-state index contributed by atoms with van der Waals surface area (Å²) in [6.45, 7) is 0. The van der Waals surface area contributed by atoms with Crippen molar-refractivity contribution in [2.75, 3.05) is 4.72 Å². The summed E-state index contributed by atoms with van der Waals surface area (Å²) in [7, 11) is -3.69. The fourth-order valence-corrected chi connectivity index (χ4v) is 3.12. The molecule has 0 aliphatic carbocycles. The molecule has 1 heterocycles. The summed E-state index contributed by atoms with van der Waals surface area (Å²) >= 11 is 14.6. The lowest BCUT2D eigenvalue weighted by Crippen LogP contribution is -2.13. The second-order valence-electron chi connectivity index (χ2n) is 3.55. The van der Waals surface area contributed by atoms with Gasteiger partial charge in [0.2, 0.25) is 0 Å². The van der Waals surface area contributed by atoms with E-state index in [0.717, 1.165) is 0 Å². The topological polar surface area (TPSA) is 59.1 Å². The maximum atomic E-state index is 12.1. The normalized spacial score (nSPS) is 11.3. The third kappa shape index (κ3) is 3.60. The number of aromatic nitrogens is 1. The van der Waals surface area contributed by atoms with Crippen molar-refractivity contribution >= 4 is 54.8 Å². The molecule has 0 radical (unpaired) electrons. The Balaban J connectivity index is 2.32. The second-order valence-corrected chi connectivity index (χ2v) is 6.88. The van der Waals surface area contributed by atoms with Crippen LogP contribution in [0.5, 0.6) is 0 Å². The molecule has 0 fully saturated rings. The fraction of sp³-hybridized carbons (Fsp3) is 0. The average molecular weight is 382 g/mol. The van der Waals surface area contributed by atoms with Crippen molar-refractivity contribution < 1.29 is 8.42 Å². The summed E-state index contributed by atoms with van der Waals surface area (Å²) in [5, 5.41) is 0.726. The van der Waals surface area contributed by atoms with Gasteiger partial charge in [0, 0.05) is 4.47 Å². The fourth-order valence-electron chi connectivity index (χ4n) is 1.29. The molecule has 100 valence electrons. The number of hydrogen-bond donors (Lipinski definition) is 1. The van der Waals surface area contributed by atoms with E-state index in [1.165, 1.54) is 36.5 Å². The van der Waals surface area contributed by atoms with Gasteiger partial charge in [0.15, 0.2) is 0 Å². The van der Waals surface area contributed by atoms with Gasteiger partial charge in [0.25, 0.3) is 10.0 Å². The maximum Gasteiger partial charge on any atom is 0.261 e. The molecule has 0 spiro atoms. The summed E-state index contributed by atoms with van der Waals surface area (Å²) in [5.41, 5.74) is 0.329. The van der Waals surface area contributed by atoms with Crippen LogP contribution in [-0.4, -0.2) is 13.4 Å². The monoisotopic (exact) mass is 380 g/mol. The zero-order valence-electron chi connectivity index (χ0n) is 9.27. The number of nitrogens with zero attached hydrogens (tertiary/aromatic N) is 1. The van der Waals surface area contributed by atoms with E-state index in [1.54, 1.807) is 0 Å². The van der Waals surface area contributed by atoms with E-state index in [9.17, 15) is 8.42 Å². The van der Waals surface area contributed by atoms with Gasteiger partial charge in [0.05, 0.1) is 21.8 Å². The molecule has 0 saturated carbocycles. The van der Waals surface area contributed by atoms with Gasteiger partial charge in [0.1, 0.15) is 5.15 Å². The number of nitrogens with one attached hydrogen (secondary N) is 1. The summed E-state index contributed by atoms with van der Waals surface area (Å²) < 4.78 is 27.1. The SMILES string of the molecule is O=S(=O)(Nc1ccc(Cl)nc1)c1ccc(Cl)c(Br)c1. The van der Waals surface area contributed by atoms with E-state index in [-0.39, 0.29) is 10.0 Å². The number of rotatable bonds is 3. The molecule has 19 heavy (non-hydrogen) atoms. The minimum Gasteiger partial charge on any atom is -0.278 e. The molecule has 0 saturated heterocycles. The lowest BCUT2D eigenvalue weighted by atomic mass is 10.4. The van der Waals surface area contributed by atoms with Crippen LogP contribution in [0, 0.1) is 0 Å². The molecule has 8 heteroatoms. The zero-order chi connectivity index (χ0) is 14.0. The smallest absolute Gasteiger partial charge is 0.261 e. The molecule has 0 atom stereocenters. The molecule has 1 aromatic carbocycles. The van der Waals surface area contributed by atoms with Crippen molar-refractivity contribution in [2.24, 2.45) is 0 Å². The molecule has 0 unspecified atom stereocenters. The predicted octanol–water partition coefficient (Wildman–Crippen LogP) is 3.95. The van der Waals surface area contributed by atoms with E-state index in [0.29, 0.717) is 15.2 Å². The highest BCUT2D eigenvalue weighted by atomic mass is 79.9. The molecular formula is C11H7BrCl2N2O2S. The van der Waals surface area contributed by atoms with Gasteiger partial charge in [-0.15, -0.1) is 0 Å². The summed E-state index contributed by atoms with van der Waals surface area (Å²) in [5.74, 6) is 0. The number of benzene rings is 1. The first-order valence-corrected chi connectivity index (χ1v) is 8.01. The number of hydrogen-bond acceptors (Lipinski definition) is 3. The van der Waals surface area contributed by atoms with Gasteiger partial charge < -0.3 is 0 Å². The van der Waals surface area contributed by atoms with Gasteiger partial charge in [-0.3, -0.25) is 4.72 Å². The van der Waals surface area contributed by atoms with Crippen LogP contribution >= 0.6 is 39.1 Å². The van der Waals surface area contributed by atoms with Crippen LogP contribution in [0.1, 0.15) is 0 Å². The number of sulfonamides is 1. The van der Waals surface area contributed by atoms with E-state index in [4.69, 9.17) is 23.2 Å². The molecule has 1 N–H and O–H groups in total. The lowest BCUT2D eigenvalue weighted by molar-refractivity contribution is 0.601. The first kappa shape index (κ1) is 14.6. The summed E-state index contributed by atoms with van der Waals surface area (Å²) in [4.78, 5) is 3.89. The van der Waals surface area contributed by atoms with Crippen LogP contribution in [0.25, 0.3) is 0 Å². The third-order valence-corrected chi connectivity index (χ3v) is 5.00. The van der Waals surface area contributed by atoms with Crippen LogP contribution in [-0.2, 0) is 10.0 Å². The molecule has 1 aromatic heterocycles. The standard InChI is InChI=1S/C11H7BrCl2N2O2S/c12-9-5-8(2-3-10(9)13)19(17,18)16-7-1-4-11(14)15-6-7/h1-6,16H. The molecule has 0 bridgehead atoms. The second kappa shape index (κ2) is 5.66. The Bertz CT molecular complexity index is 705. The van der Waals surface area contributed by atoms with Crippen molar-refractivity contribution in [2.45, 2.75) is 4.90 Å². The Morgan fingerprint density at radius 2 is 1.89 bits per heavy atom. The van der Waals surface area contributed by atoms with Crippen molar-refractivity contribution in [1.82, 2.24) is 4.98 Å². The highest BCUT2D eigenvalue weighted by molar-refractivity contribution is 9.10. The van der Waals surface area contributed by atoms with Gasteiger partial charge in [-0.05, 0) is 46.3 Å². The molecule has 4 nitrogen and oxygen atoms in total. The van der Waals surface area contributed by atoms with E-state index in [2.05, 4.69) is 25.6 Å². The Morgan fingerprint density at radius 1 is 1.16 bits per heavy atom. The van der Waals surface area contributed by atoms with Crippen molar-refractivity contribution in [3.05, 3.63) is 51.2 Å². The quantitative estimate of drug-likeness (QED) is 0.818. The van der Waals surface area contributed by atoms with Crippen LogP contribution in [0.15, 0.2) is 45.9 Å². The van der Waals surface area contributed by atoms with Crippen molar-refractivity contribution in [3.63, 3.8) is 0 Å². The molecule has 2 rings (SSSR count). The highest BCUT2D eigenvalue weighted by Crippen LogP contribution is 2.26. The zero-order valence-corrected chi connectivity index (χ0v) is 13.2. The van der Waals surface area contributed by atoms with E-state index >= 15 is 0 Å². The Hall–Kier alpha value is -0.820. The average Bonchev–Trinajstić information content (AvgIpc) is 2.35. The van der Waals surface area contributed by atoms with Gasteiger partial charge in [-0.1, -0.05) is 23.2 Å². The number of halogens is 3. The van der Waals surface area contributed by atoms with E-state index < -0.39 is 10.0 Å². The van der Waals surface area contributed by atoms with Crippen molar-refractivity contribution in [1.29, 1.82) is 0 Å². The van der Waals surface area contributed by atoms with Gasteiger partial charge in [-0.25, -0.2) is 13.4 Å². The predicted molar refractivity (Wildman–Crippen MR) is 79.2 cm³/mol. The maximum absolute atomic E-state index is 12.1. The summed E-state index contributed by atoms with van der Waals surface area (Å²) in [6.07, 6.45) is 1.34. The van der Waals surface area contributed by atoms with Crippen LogP contribution in [0.3, 0.4) is 0 Å². The van der Waals surface area contributed by atoms with E-state index in [1.807, 2.05) is 0 Å². The Labute approximate surface area is 128 Å². The minimum absolute atomic E-state index is 0.0960. The van der Waals surface area contributed by atoms with Crippen LogP contribution in [0.4, 0.5) is 5.69 Å². The molecule has 0 aliphatic rings. The largest absolute Gasteiger partial charge is 0.278 e. The third-order valence-electron chi connectivity index (χ3n) is 2.18. The molecule has 0 aliphatic heterocycles. The molecular weight excluding hydrogens is 375 g/mol. The number of anilines is 1.